The second kappa shape index (κ2) is 33.8. The van der Waals surface area contributed by atoms with Crippen LogP contribution in [0.4, 0.5) is 0 Å². The molecule has 22 aromatic rings. The van der Waals surface area contributed by atoms with Crippen LogP contribution in [0.1, 0.15) is 89.0 Å². The lowest BCUT2D eigenvalue weighted by Crippen LogP contribution is -2.21. The van der Waals surface area contributed by atoms with Gasteiger partial charge < -0.3 is 18.8 Å². The van der Waals surface area contributed by atoms with Gasteiger partial charge in [0.2, 0.25) is 0 Å². The molecular weight excluding hydrogens is 1530 g/mol. The van der Waals surface area contributed by atoms with Crippen LogP contribution < -0.4 is 20.7 Å². The first-order chi connectivity index (χ1) is 57.9. The Kier molecular flexibility index (Phi) is 22.5. The maximum Gasteiger partial charge on any atom is 0.135 e. The number of fused-ring (bicyclic) bond motifs is 24. The van der Waals surface area contributed by atoms with Gasteiger partial charge in [-0.15, -0.1) is 22.7 Å². The summed E-state index contributed by atoms with van der Waals surface area (Å²) < 4.78 is 17.2. The van der Waals surface area contributed by atoms with E-state index in [2.05, 4.69) is 400 Å². The highest BCUT2D eigenvalue weighted by Crippen LogP contribution is 2.38. The average Bonchev–Trinajstić information content (AvgIpc) is 1.76. The van der Waals surface area contributed by atoms with Crippen LogP contribution in [0, 0.1) is 111 Å². The highest BCUT2D eigenvalue weighted by atomic mass is 32.1. The Hall–Kier alpha value is -12.4. The predicted octanol–water partition coefficient (Wildman–Crippen LogP) is 28.4. The van der Waals surface area contributed by atoms with Crippen molar-refractivity contribution in [3.05, 3.63) is 380 Å². The van der Waals surface area contributed by atoms with E-state index in [1.54, 1.807) is 20.7 Å². The molecular formula is C112H102N2O2S2Si2. The van der Waals surface area contributed by atoms with E-state index in [9.17, 15) is 0 Å². The Bertz CT molecular complexity index is 6710. The summed E-state index contributed by atoms with van der Waals surface area (Å²) >= 11 is 3.77. The predicted molar refractivity (Wildman–Crippen MR) is 533 cm³/mol. The molecule has 0 saturated heterocycles. The van der Waals surface area contributed by atoms with Crippen LogP contribution in [0.3, 0.4) is 0 Å². The second-order valence-corrected chi connectivity index (χ2v) is 39.8. The summed E-state index contributed by atoms with van der Waals surface area (Å²) in [5.74, 6) is 0. The first-order valence-electron chi connectivity index (χ1n) is 41.9. The third kappa shape index (κ3) is 17.1. The van der Waals surface area contributed by atoms with Gasteiger partial charge in [-0.2, -0.15) is 0 Å². The van der Waals surface area contributed by atoms with Crippen LogP contribution >= 0.6 is 22.7 Å². The molecule has 16 aromatic carbocycles. The van der Waals surface area contributed by atoms with Gasteiger partial charge in [0.05, 0.1) is 19.0 Å². The minimum absolute atomic E-state index is 0.192. The number of aromatic nitrogens is 2. The summed E-state index contributed by atoms with van der Waals surface area (Å²) in [5, 5.41) is 22.2. The Balaban J connectivity index is 0.0000000979. The molecule has 0 atom stereocenters. The molecule has 2 aliphatic heterocycles. The molecule has 0 saturated carbocycles. The van der Waals surface area contributed by atoms with Gasteiger partial charge in [-0.25, -0.2) is 0 Å². The highest BCUT2D eigenvalue weighted by Gasteiger charge is 2.21. The van der Waals surface area contributed by atoms with E-state index in [0.717, 1.165) is 22.3 Å². The summed E-state index contributed by atoms with van der Waals surface area (Å²) in [6, 6.07) is 106. The lowest BCUT2D eigenvalue weighted by atomic mass is 10.0. The highest BCUT2D eigenvalue weighted by molar-refractivity contribution is 7.26. The molecule has 0 aliphatic carbocycles. The Morgan fingerprint density at radius 1 is 0.175 bits per heavy atom. The molecule has 0 bridgehead atoms. The van der Waals surface area contributed by atoms with Crippen LogP contribution in [-0.4, -0.2) is 29.0 Å². The standard InChI is InChI=1S/2C14H13N.2C14H12O.2C14H12S.2C14H14Si/c1-9-3-5-13-11(7-9)12-8-10(2)4-6-14(12)15-13;1-9-3-5-11-12-6-4-10(2)8-14(12)15-13(11)7-9;1-9-3-5-13-11(7-9)12-8-10(2)4-6-14(12)15-13;1-9-3-5-11-12-6-4-10(2)8-14(12)15-13(11)7-9;1-9-3-5-13-11(7-9)12-8-10(2)4-6-14(12)15-13;1-9-3-5-11-12-6-4-10(2)8-14(12)15-13(11)7-9;1-9-3-5-13-11(7-9)12-8-10(2)4-6-14(12)15-13;1-9-3-5-11-12-6-4-10(2)8-14(12)15-13(11)7-9/h2*3-8,15H,1-2H3;4*3-8H,1-2H3;2*3-8H,15H2,1-2H3. The summed E-state index contributed by atoms with van der Waals surface area (Å²) in [4.78, 5) is 6.89. The molecule has 0 fully saturated rings. The maximum absolute atomic E-state index is 5.81. The minimum atomic E-state index is -0.203. The van der Waals surface area contributed by atoms with Gasteiger partial charge in [0.25, 0.3) is 0 Å². The number of furan rings is 2. The lowest BCUT2D eigenvalue weighted by molar-refractivity contribution is 0.668. The second-order valence-electron chi connectivity index (χ2n) is 33.8. The first-order valence-corrected chi connectivity index (χ1v) is 46.3. The molecule has 24 rings (SSSR count). The summed E-state index contributed by atoms with van der Waals surface area (Å²) in [7, 11) is -0.395. The van der Waals surface area contributed by atoms with E-state index in [1.165, 1.54) is 217 Å². The van der Waals surface area contributed by atoms with Gasteiger partial charge >= 0.3 is 0 Å². The monoisotopic (exact) mass is 1630 g/mol. The van der Waals surface area contributed by atoms with Crippen molar-refractivity contribution in [1.29, 1.82) is 0 Å². The van der Waals surface area contributed by atoms with Crippen molar-refractivity contribution in [3.63, 3.8) is 0 Å². The molecule has 0 spiro atoms. The van der Waals surface area contributed by atoms with Gasteiger partial charge in [-0.1, -0.05) is 258 Å². The van der Waals surface area contributed by atoms with Crippen molar-refractivity contribution in [2.24, 2.45) is 0 Å². The number of hydrogen-bond donors (Lipinski definition) is 2. The number of thiophene rings is 2. The van der Waals surface area contributed by atoms with Crippen LogP contribution in [0.2, 0.25) is 0 Å². The molecule has 8 heteroatoms. The fourth-order valence-corrected chi connectivity index (χ4v) is 23.6. The number of aryl methyl sites for hydroxylation is 16. The number of rotatable bonds is 0. The van der Waals surface area contributed by atoms with Gasteiger partial charge in [0.15, 0.2) is 0 Å². The van der Waals surface area contributed by atoms with Crippen LogP contribution in [0.25, 0.3) is 150 Å². The number of H-pyrrole nitrogens is 2. The third-order valence-electron chi connectivity index (χ3n) is 23.3. The topological polar surface area (TPSA) is 57.9 Å². The molecule has 6 aromatic heterocycles. The van der Waals surface area contributed by atoms with Gasteiger partial charge in [0, 0.05) is 106 Å². The van der Waals surface area contributed by atoms with Crippen molar-refractivity contribution in [1.82, 2.24) is 9.97 Å². The minimum Gasteiger partial charge on any atom is -0.456 e. The molecule has 0 unspecified atom stereocenters. The zero-order valence-corrected chi connectivity index (χ0v) is 76.2. The molecule has 4 nitrogen and oxygen atoms in total. The van der Waals surface area contributed by atoms with Gasteiger partial charge in [-0.3, -0.25) is 0 Å². The fraction of sp³-hybridized carbons (Fsp3) is 0.143. The molecule has 592 valence electrons. The van der Waals surface area contributed by atoms with E-state index >= 15 is 0 Å². The number of aromatic amines is 2. The van der Waals surface area contributed by atoms with Crippen molar-refractivity contribution in [3.8, 4) is 22.3 Å². The van der Waals surface area contributed by atoms with Crippen molar-refractivity contribution in [2.75, 3.05) is 0 Å². The molecule has 120 heavy (non-hydrogen) atoms. The maximum atomic E-state index is 5.81. The van der Waals surface area contributed by atoms with E-state index in [0.29, 0.717) is 0 Å². The normalized spacial score (nSPS) is 11.6. The van der Waals surface area contributed by atoms with E-state index in [4.69, 9.17) is 8.83 Å². The summed E-state index contributed by atoms with van der Waals surface area (Å²) in [5.41, 5.74) is 35.9. The van der Waals surface area contributed by atoms with E-state index in [1.807, 2.05) is 34.8 Å². The largest absolute Gasteiger partial charge is 0.456 e. The van der Waals surface area contributed by atoms with E-state index < -0.39 is 0 Å². The molecule has 0 radical (unpaired) electrons. The average molecular weight is 1630 g/mol. The quantitative estimate of drug-likeness (QED) is 0.149. The van der Waals surface area contributed by atoms with Gasteiger partial charge in [-0.05, 0) is 276 Å². The van der Waals surface area contributed by atoms with E-state index in [-0.39, 0.29) is 19.0 Å². The molecule has 2 N–H and O–H groups in total. The number of benzene rings is 16. The Morgan fingerprint density at radius 3 is 0.892 bits per heavy atom. The van der Waals surface area contributed by atoms with Crippen molar-refractivity contribution in [2.45, 2.75) is 111 Å². The van der Waals surface area contributed by atoms with Gasteiger partial charge in [0.1, 0.15) is 22.3 Å². The van der Waals surface area contributed by atoms with Crippen LogP contribution in [-0.2, 0) is 0 Å². The Morgan fingerprint density at radius 2 is 0.458 bits per heavy atom. The Labute approximate surface area is 716 Å². The van der Waals surface area contributed by atoms with Crippen LogP contribution in [0.15, 0.2) is 300 Å². The zero-order valence-electron chi connectivity index (χ0n) is 71.8. The molecule has 8 heterocycles. The van der Waals surface area contributed by atoms with Crippen molar-refractivity contribution >= 4 is 190 Å². The number of nitrogens with one attached hydrogen (secondary N) is 2. The zero-order chi connectivity index (χ0) is 83.3. The third-order valence-corrected chi connectivity index (χ3v) is 29.5. The first kappa shape index (κ1) is 80.0. The SMILES string of the molecule is Cc1ccc2[nH]c3ccc(C)cc3c2c1.Cc1ccc2c(c1)-c1cc(C)ccc1[SiH2]2.Cc1ccc2c(c1)[SiH2]c1cc(C)ccc1-2.Cc1ccc2c(c1)[nH]c1cc(C)ccc12.Cc1ccc2c(c1)oc1cc(C)ccc12.Cc1ccc2c(c1)sc1cc(C)ccc12.Cc1ccc2oc3ccc(C)cc3c2c1.Cc1ccc2sc3ccc(C)cc3c2c1. The smallest absolute Gasteiger partial charge is 0.135 e. The number of hydrogen-bond acceptors (Lipinski definition) is 4. The summed E-state index contributed by atoms with van der Waals surface area (Å²) in [6.07, 6.45) is 0. The fourth-order valence-electron chi connectivity index (χ4n) is 17.1. The van der Waals surface area contributed by atoms with Crippen molar-refractivity contribution < 1.29 is 8.83 Å². The molecule has 2 aliphatic rings. The summed E-state index contributed by atoms with van der Waals surface area (Å²) in [6.45, 7) is 34.2. The lowest BCUT2D eigenvalue weighted by Gasteiger charge is -2.03. The molecule has 0 amide bonds. The van der Waals surface area contributed by atoms with Crippen LogP contribution in [0.5, 0.6) is 0 Å².